The number of para-hydroxylation sites is 2. The topological polar surface area (TPSA) is 49.3 Å². The summed E-state index contributed by atoms with van der Waals surface area (Å²) in [5, 5.41) is 12.3. The Labute approximate surface area is 123 Å². The monoisotopic (exact) mass is 287 g/mol. The van der Waals surface area contributed by atoms with Crippen LogP contribution in [0.4, 0.5) is 5.69 Å². The SMILES string of the molecule is Cc1cccc(CSCC(=O)Nc2ccccc2O)c1. The molecule has 0 aromatic heterocycles. The fraction of sp³-hybridized carbons (Fsp3) is 0.188. The summed E-state index contributed by atoms with van der Waals surface area (Å²) >= 11 is 1.55. The number of phenolic OH excluding ortho intramolecular Hbond substituents is 1. The van der Waals surface area contributed by atoms with Gasteiger partial charge in [-0.1, -0.05) is 42.0 Å². The van der Waals surface area contributed by atoms with Crippen molar-refractivity contribution < 1.29 is 9.90 Å². The molecule has 0 bridgehead atoms. The van der Waals surface area contributed by atoms with Crippen molar-refractivity contribution in [1.82, 2.24) is 0 Å². The normalized spacial score (nSPS) is 10.2. The van der Waals surface area contributed by atoms with E-state index in [9.17, 15) is 9.90 Å². The summed E-state index contributed by atoms with van der Waals surface area (Å²) in [6, 6.07) is 15.0. The quantitative estimate of drug-likeness (QED) is 0.826. The number of hydrogen-bond acceptors (Lipinski definition) is 3. The number of carbonyl (C=O) groups is 1. The lowest BCUT2D eigenvalue weighted by Crippen LogP contribution is -2.14. The summed E-state index contributed by atoms with van der Waals surface area (Å²) in [5.41, 5.74) is 2.89. The lowest BCUT2D eigenvalue weighted by Gasteiger charge is -2.07. The summed E-state index contributed by atoms with van der Waals surface area (Å²) in [6.07, 6.45) is 0. The third-order valence-electron chi connectivity index (χ3n) is 2.76. The molecule has 0 spiro atoms. The number of nitrogens with one attached hydrogen (secondary N) is 1. The van der Waals surface area contributed by atoms with Gasteiger partial charge in [-0.05, 0) is 24.6 Å². The van der Waals surface area contributed by atoms with E-state index in [0.29, 0.717) is 11.4 Å². The third kappa shape index (κ3) is 4.31. The highest BCUT2D eigenvalue weighted by atomic mass is 32.2. The van der Waals surface area contributed by atoms with Crippen LogP contribution in [0.1, 0.15) is 11.1 Å². The minimum absolute atomic E-state index is 0.0875. The van der Waals surface area contributed by atoms with E-state index in [0.717, 1.165) is 5.75 Å². The molecule has 0 aliphatic heterocycles. The van der Waals surface area contributed by atoms with Gasteiger partial charge in [-0.15, -0.1) is 11.8 Å². The van der Waals surface area contributed by atoms with Gasteiger partial charge in [-0.25, -0.2) is 0 Å². The van der Waals surface area contributed by atoms with E-state index in [4.69, 9.17) is 0 Å². The fourth-order valence-electron chi connectivity index (χ4n) is 1.83. The van der Waals surface area contributed by atoms with Crippen molar-refractivity contribution in [1.29, 1.82) is 0 Å². The Morgan fingerprint density at radius 2 is 2.00 bits per heavy atom. The molecule has 4 heteroatoms. The van der Waals surface area contributed by atoms with Crippen LogP contribution >= 0.6 is 11.8 Å². The van der Waals surface area contributed by atoms with Crippen LogP contribution in [-0.2, 0) is 10.5 Å². The smallest absolute Gasteiger partial charge is 0.234 e. The van der Waals surface area contributed by atoms with Gasteiger partial charge in [-0.2, -0.15) is 0 Å². The van der Waals surface area contributed by atoms with E-state index in [1.54, 1.807) is 36.0 Å². The summed E-state index contributed by atoms with van der Waals surface area (Å²) in [6.45, 7) is 2.05. The molecule has 1 amide bonds. The predicted molar refractivity (Wildman–Crippen MR) is 84.1 cm³/mol. The minimum Gasteiger partial charge on any atom is -0.506 e. The van der Waals surface area contributed by atoms with Gasteiger partial charge >= 0.3 is 0 Å². The molecule has 3 nitrogen and oxygen atoms in total. The van der Waals surface area contributed by atoms with Crippen molar-refractivity contribution in [3.63, 3.8) is 0 Å². The largest absolute Gasteiger partial charge is 0.506 e. The lowest BCUT2D eigenvalue weighted by molar-refractivity contribution is -0.113. The summed E-state index contributed by atoms with van der Waals surface area (Å²) in [7, 11) is 0. The van der Waals surface area contributed by atoms with E-state index < -0.39 is 0 Å². The van der Waals surface area contributed by atoms with E-state index in [-0.39, 0.29) is 11.7 Å². The van der Waals surface area contributed by atoms with Crippen molar-refractivity contribution in [3.05, 3.63) is 59.7 Å². The molecule has 0 radical (unpaired) electrons. The number of anilines is 1. The van der Waals surface area contributed by atoms with Gasteiger partial charge in [0.05, 0.1) is 11.4 Å². The molecule has 0 aliphatic carbocycles. The fourth-order valence-corrected chi connectivity index (χ4v) is 2.60. The lowest BCUT2D eigenvalue weighted by atomic mass is 10.2. The van der Waals surface area contributed by atoms with Crippen molar-refractivity contribution in [3.8, 4) is 5.75 Å². The van der Waals surface area contributed by atoms with Gasteiger partial charge in [0.1, 0.15) is 5.75 Å². The zero-order valence-electron chi connectivity index (χ0n) is 11.3. The van der Waals surface area contributed by atoms with Gasteiger partial charge in [0.2, 0.25) is 5.91 Å². The van der Waals surface area contributed by atoms with Crippen LogP contribution in [0.15, 0.2) is 48.5 Å². The number of thioether (sulfide) groups is 1. The molecule has 0 saturated heterocycles. The maximum Gasteiger partial charge on any atom is 0.234 e. The van der Waals surface area contributed by atoms with Gasteiger partial charge < -0.3 is 10.4 Å². The Balaban J connectivity index is 1.80. The van der Waals surface area contributed by atoms with Crippen molar-refractivity contribution in [2.24, 2.45) is 0 Å². The van der Waals surface area contributed by atoms with E-state index >= 15 is 0 Å². The zero-order chi connectivity index (χ0) is 14.4. The third-order valence-corrected chi connectivity index (χ3v) is 3.77. The zero-order valence-corrected chi connectivity index (χ0v) is 12.1. The molecule has 20 heavy (non-hydrogen) atoms. The van der Waals surface area contributed by atoms with Gasteiger partial charge in [0.15, 0.2) is 0 Å². The maximum atomic E-state index is 11.8. The molecular weight excluding hydrogens is 270 g/mol. The van der Waals surface area contributed by atoms with Crippen LogP contribution in [0.25, 0.3) is 0 Å². The van der Waals surface area contributed by atoms with Crippen molar-refractivity contribution >= 4 is 23.4 Å². The molecule has 2 N–H and O–H groups in total. The highest BCUT2D eigenvalue weighted by Gasteiger charge is 2.05. The first-order chi connectivity index (χ1) is 9.65. The van der Waals surface area contributed by atoms with E-state index in [1.165, 1.54) is 11.1 Å². The van der Waals surface area contributed by atoms with Gasteiger partial charge in [-0.3, -0.25) is 4.79 Å². The van der Waals surface area contributed by atoms with Gasteiger partial charge in [0.25, 0.3) is 0 Å². The average molecular weight is 287 g/mol. The molecule has 2 rings (SSSR count). The number of aryl methyl sites for hydroxylation is 1. The highest BCUT2D eigenvalue weighted by molar-refractivity contribution is 7.99. The minimum atomic E-state index is -0.107. The second-order valence-corrected chi connectivity index (χ2v) is 5.53. The van der Waals surface area contributed by atoms with Crippen LogP contribution in [0.2, 0.25) is 0 Å². The number of amides is 1. The number of benzene rings is 2. The molecule has 2 aromatic carbocycles. The predicted octanol–water partition coefficient (Wildman–Crippen LogP) is 3.57. The molecule has 0 unspecified atom stereocenters. The van der Waals surface area contributed by atoms with Crippen molar-refractivity contribution in [2.45, 2.75) is 12.7 Å². The summed E-state index contributed by atoms with van der Waals surface area (Å²) in [4.78, 5) is 11.8. The first-order valence-corrected chi connectivity index (χ1v) is 7.52. The van der Waals surface area contributed by atoms with Crippen molar-refractivity contribution in [2.75, 3.05) is 11.1 Å². The molecule has 0 saturated carbocycles. The number of hydrogen-bond donors (Lipinski definition) is 2. The van der Waals surface area contributed by atoms with Crippen LogP contribution in [0.5, 0.6) is 5.75 Å². The van der Waals surface area contributed by atoms with Crippen LogP contribution in [0, 0.1) is 6.92 Å². The van der Waals surface area contributed by atoms with Crippen LogP contribution in [-0.4, -0.2) is 16.8 Å². The Bertz CT molecular complexity index is 599. The van der Waals surface area contributed by atoms with E-state index in [2.05, 4.69) is 30.4 Å². The highest BCUT2D eigenvalue weighted by Crippen LogP contribution is 2.22. The second kappa shape index (κ2) is 7.01. The summed E-state index contributed by atoms with van der Waals surface area (Å²) < 4.78 is 0. The second-order valence-electron chi connectivity index (χ2n) is 4.55. The standard InChI is InChI=1S/C16H17NO2S/c1-12-5-4-6-13(9-12)10-20-11-16(19)17-14-7-2-3-8-15(14)18/h2-9,18H,10-11H2,1H3,(H,17,19). The first kappa shape index (κ1) is 14.5. The molecule has 0 heterocycles. The van der Waals surface area contributed by atoms with Gasteiger partial charge in [0, 0.05) is 5.75 Å². The Morgan fingerprint density at radius 3 is 2.75 bits per heavy atom. The number of carbonyl (C=O) groups excluding carboxylic acids is 1. The molecule has 0 aliphatic rings. The maximum absolute atomic E-state index is 11.8. The number of aromatic hydroxyl groups is 1. The molecule has 0 atom stereocenters. The first-order valence-electron chi connectivity index (χ1n) is 6.36. The number of phenols is 1. The molecule has 2 aromatic rings. The van der Waals surface area contributed by atoms with Crippen LogP contribution < -0.4 is 5.32 Å². The molecular formula is C16H17NO2S. The van der Waals surface area contributed by atoms with Crippen LogP contribution in [0.3, 0.4) is 0 Å². The summed E-state index contributed by atoms with van der Waals surface area (Å²) in [5.74, 6) is 1.15. The average Bonchev–Trinajstić information content (AvgIpc) is 2.41. The molecule has 0 fully saturated rings. The number of rotatable bonds is 5. The van der Waals surface area contributed by atoms with E-state index in [1.807, 2.05) is 6.07 Å². The Hall–Kier alpha value is -1.94. The molecule has 104 valence electrons. The Kier molecular flexibility index (Phi) is 5.07. The Morgan fingerprint density at radius 1 is 1.20 bits per heavy atom.